The Labute approximate surface area is 110 Å². The summed E-state index contributed by atoms with van der Waals surface area (Å²) in [5.74, 6) is 0.317. The van der Waals surface area contributed by atoms with Crippen molar-refractivity contribution in [1.29, 1.82) is 0 Å². The van der Waals surface area contributed by atoms with Crippen molar-refractivity contribution in [2.45, 2.75) is 56.2 Å². The van der Waals surface area contributed by atoms with Gasteiger partial charge in [0.25, 0.3) is 0 Å². The Morgan fingerprint density at radius 1 is 1.11 bits per heavy atom. The third kappa shape index (κ3) is 3.23. The lowest BCUT2D eigenvalue weighted by Gasteiger charge is -2.43. The molecular weight excluding hydrogens is 253 g/mol. The highest BCUT2D eigenvalue weighted by Gasteiger charge is 2.42. The van der Waals surface area contributed by atoms with Crippen LogP contribution in [0.4, 0.5) is 4.39 Å². The third-order valence-corrected chi connectivity index (χ3v) is 6.56. The van der Waals surface area contributed by atoms with Gasteiger partial charge in [-0.1, -0.05) is 12.8 Å². The quantitative estimate of drug-likeness (QED) is 0.723. The average Bonchev–Trinajstić information content (AvgIpc) is 2.37. The minimum Gasteiger partial charge on any atom is -0.298 e. The van der Waals surface area contributed by atoms with E-state index in [2.05, 4.69) is 4.90 Å². The SMILES string of the molecule is O=S1(=O)CCN(CCCCCF)[C@@H]2CCCC[C@H]21. The topological polar surface area (TPSA) is 37.4 Å². The lowest BCUT2D eigenvalue weighted by molar-refractivity contribution is 0.153. The van der Waals surface area contributed by atoms with E-state index in [1.807, 2.05) is 0 Å². The molecule has 0 radical (unpaired) electrons. The molecule has 0 spiro atoms. The van der Waals surface area contributed by atoms with Gasteiger partial charge in [-0.3, -0.25) is 9.29 Å². The van der Waals surface area contributed by atoms with Crippen LogP contribution in [-0.2, 0) is 9.84 Å². The average molecular weight is 277 g/mol. The summed E-state index contributed by atoms with van der Waals surface area (Å²) in [4.78, 5) is 2.35. The molecule has 0 bridgehead atoms. The molecule has 0 amide bonds. The van der Waals surface area contributed by atoms with Gasteiger partial charge in [-0.25, -0.2) is 8.42 Å². The van der Waals surface area contributed by atoms with Gasteiger partial charge in [0, 0.05) is 12.6 Å². The van der Waals surface area contributed by atoms with Crippen LogP contribution in [0.1, 0.15) is 44.9 Å². The van der Waals surface area contributed by atoms with Crippen molar-refractivity contribution >= 4 is 9.84 Å². The van der Waals surface area contributed by atoms with Crippen molar-refractivity contribution in [3.63, 3.8) is 0 Å². The molecule has 0 aromatic heterocycles. The molecule has 3 nitrogen and oxygen atoms in total. The van der Waals surface area contributed by atoms with Crippen LogP contribution >= 0.6 is 0 Å². The van der Waals surface area contributed by atoms with E-state index in [0.29, 0.717) is 18.7 Å². The Hall–Kier alpha value is -0.160. The van der Waals surface area contributed by atoms with Crippen LogP contribution in [0.5, 0.6) is 0 Å². The van der Waals surface area contributed by atoms with Crippen molar-refractivity contribution in [2.75, 3.05) is 25.5 Å². The number of nitrogens with zero attached hydrogens (tertiary/aromatic N) is 1. The Morgan fingerprint density at radius 2 is 1.89 bits per heavy atom. The highest BCUT2D eigenvalue weighted by Crippen LogP contribution is 2.32. The van der Waals surface area contributed by atoms with Crippen molar-refractivity contribution < 1.29 is 12.8 Å². The standard InChI is InChI=1S/C13H24FNO2S/c14-8-4-1-5-9-15-10-11-18(16,17)13-7-3-2-6-12(13)15/h12-13H,1-11H2/t12-,13-/m1/s1. The van der Waals surface area contributed by atoms with Crippen molar-refractivity contribution in [1.82, 2.24) is 4.90 Å². The van der Waals surface area contributed by atoms with Crippen LogP contribution in [0, 0.1) is 0 Å². The third-order valence-electron chi connectivity index (χ3n) is 4.34. The van der Waals surface area contributed by atoms with Gasteiger partial charge in [0.15, 0.2) is 9.84 Å². The molecule has 18 heavy (non-hydrogen) atoms. The Bertz CT molecular complexity index is 358. The van der Waals surface area contributed by atoms with Gasteiger partial charge in [0.2, 0.25) is 0 Å². The normalized spacial score (nSPS) is 32.1. The maximum atomic E-state index is 12.1. The number of hydrogen-bond donors (Lipinski definition) is 0. The van der Waals surface area contributed by atoms with E-state index in [4.69, 9.17) is 0 Å². The first-order valence-corrected chi connectivity index (χ1v) is 8.88. The molecule has 1 aliphatic heterocycles. The molecule has 1 aliphatic carbocycles. The van der Waals surface area contributed by atoms with E-state index in [9.17, 15) is 12.8 Å². The maximum Gasteiger partial charge on any atom is 0.155 e. The van der Waals surface area contributed by atoms with E-state index in [1.54, 1.807) is 0 Å². The van der Waals surface area contributed by atoms with Crippen molar-refractivity contribution in [2.24, 2.45) is 0 Å². The highest BCUT2D eigenvalue weighted by molar-refractivity contribution is 7.92. The second kappa shape index (κ2) is 6.33. The fourth-order valence-electron chi connectivity index (χ4n) is 3.34. The van der Waals surface area contributed by atoms with E-state index in [0.717, 1.165) is 45.1 Å². The number of unbranched alkanes of at least 4 members (excludes halogenated alkanes) is 2. The summed E-state index contributed by atoms with van der Waals surface area (Å²) in [6.07, 6.45) is 6.61. The van der Waals surface area contributed by atoms with Gasteiger partial charge in [-0.15, -0.1) is 0 Å². The molecule has 2 fully saturated rings. The van der Waals surface area contributed by atoms with Crippen LogP contribution in [0.3, 0.4) is 0 Å². The van der Waals surface area contributed by atoms with E-state index < -0.39 is 9.84 Å². The largest absolute Gasteiger partial charge is 0.298 e. The van der Waals surface area contributed by atoms with Gasteiger partial charge in [-0.05, 0) is 38.6 Å². The summed E-state index contributed by atoms with van der Waals surface area (Å²) in [6, 6.07) is 0.239. The van der Waals surface area contributed by atoms with Crippen molar-refractivity contribution in [3.8, 4) is 0 Å². The first kappa shape index (κ1) is 14.3. The van der Waals surface area contributed by atoms with Crippen LogP contribution < -0.4 is 0 Å². The molecule has 0 N–H and O–H groups in total. The lowest BCUT2D eigenvalue weighted by atomic mass is 9.93. The number of halogens is 1. The molecule has 5 heteroatoms. The first-order chi connectivity index (χ1) is 8.65. The monoisotopic (exact) mass is 277 g/mol. The Morgan fingerprint density at radius 3 is 2.67 bits per heavy atom. The van der Waals surface area contributed by atoms with Gasteiger partial charge in [0.1, 0.15) is 0 Å². The van der Waals surface area contributed by atoms with E-state index in [-0.39, 0.29) is 18.0 Å². The number of rotatable bonds is 5. The summed E-state index contributed by atoms with van der Waals surface area (Å²) < 4.78 is 36.2. The molecule has 0 unspecified atom stereocenters. The number of fused-ring (bicyclic) bond motifs is 1. The van der Waals surface area contributed by atoms with Crippen LogP contribution in [0.25, 0.3) is 0 Å². The fraction of sp³-hybridized carbons (Fsp3) is 1.00. The van der Waals surface area contributed by atoms with Crippen molar-refractivity contribution in [3.05, 3.63) is 0 Å². The molecule has 1 saturated carbocycles. The fourth-order valence-corrected chi connectivity index (χ4v) is 5.44. The molecule has 2 rings (SSSR count). The zero-order valence-corrected chi connectivity index (χ0v) is 11.8. The summed E-state index contributed by atoms with van der Waals surface area (Å²) in [6.45, 7) is 1.39. The Balaban J connectivity index is 1.92. The van der Waals surface area contributed by atoms with E-state index >= 15 is 0 Å². The van der Waals surface area contributed by atoms with Crippen LogP contribution in [-0.4, -0.2) is 50.1 Å². The molecule has 1 saturated heterocycles. The van der Waals surface area contributed by atoms with Gasteiger partial charge >= 0.3 is 0 Å². The summed E-state index contributed by atoms with van der Waals surface area (Å²) in [7, 11) is -2.85. The maximum absolute atomic E-state index is 12.1. The molecule has 0 aromatic carbocycles. The lowest BCUT2D eigenvalue weighted by Crippen LogP contribution is -2.55. The van der Waals surface area contributed by atoms with Crippen LogP contribution in [0.2, 0.25) is 0 Å². The second-order valence-corrected chi connectivity index (χ2v) is 7.88. The number of hydrogen-bond acceptors (Lipinski definition) is 3. The Kier molecular flexibility index (Phi) is 5.01. The predicted molar refractivity (Wildman–Crippen MR) is 71.2 cm³/mol. The number of sulfone groups is 1. The second-order valence-electron chi connectivity index (χ2n) is 5.54. The highest BCUT2D eigenvalue weighted by atomic mass is 32.2. The minimum atomic E-state index is -2.85. The van der Waals surface area contributed by atoms with Gasteiger partial charge in [-0.2, -0.15) is 0 Å². The molecular formula is C13H24FNO2S. The minimum absolute atomic E-state index is 0.124. The molecule has 1 heterocycles. The first-order valence-electron chi connectivity index (χ1n) is 7.17. The molecule has 0 aromatic rings. The predicted octanol–water partition coefficient (Wildman–Crippen LogP) is 2.17. The zero-order chi connectivity index (χ0) is 13.0. The summed E-state index contributed by atoms with van der Waals surface area (Å²) in [5, 5.41) is -0.124. The number of alkyl halides is 1. The summed E-state index contributed by atoms with van der Waals surface area (Å²) >= 11 is 0. The summed E-state index contributed by atoms with van der Waals surface area (Å²) in [5.41, 5.74) is 0. The molecule has 106 valence electrons. The molecule has 2 atom stereocenters. The van der Waals surface area contributed by atoms with Crippen LogP contribution in [0.15, 0.2) is 0 Å². The molecule has 2 aliphatic rings. The van der Waals surface area contributed by atoms with E-state index in [1.165, 1.54) is 0 Å². The van der Waals surface area contributed by atoms with Gasteiger partial charge in [0.05, 0.1) is 17.7 Å². The van der Waals surface area contributed by atoms with Gasteiger partial charge < -0.3 is 0 Å². The zero-order valence-electron chi connectivity index (χ0n) is 11.0. The smallest absolute Gasteiger partial charge is 0.155 e.